The minimum atomic E-state index is -2.84. The van der Waals surface area contributed by atoms with Crippen molar-refractivity contribution < 1.29 is 23.4 Å². The van der Waals surface area contributed by atoms with Gasteiger partial charge in [0.1, 0.15) is 0 Å². The highest BCUT2D eigenvalue weighted by Crippen LogP contribution is 2.47. The van der Waals surface area contributed by atoms with Crippen molar-refractivity contribution in [2.45, 2.75) is 43.6 Å². The number of alkyl halides is 2. The Hall–Kier alpha value is -1.53. The van der Waals surface area contributed by atoms with Gasteiger partial charge in [0, 0.05) is 18.8 Å². The van der Waals surface area contributed by atoms with Gasteiger partial charge in [-0.25, -0.2) is 13.6 Å². The summed E-state index contributed by atoms with van der Waals surface area (Å²) in [4.78, 5) is 12.8. The number of esters is 1. The summed E-state index contributed by atoms with van der Waals surface area (Å²) < 4.78 is 32.8. The maximum absolute atomic E-state index is 13.7. The van der Waals surface area contributed by atoms with Crippen LogP contribution in [0, 0.1) is 11.8 Å². The molecule has 6 heteroatoms. The lowest BCUT2D eigenvalue weighted by Crippen LogP contribution is -2.44. The molecule has 3 rings (SSSR count). The van der Waals surface area contributed by atoms with Gasteiger partial charge in [-0.05, 0) is 43.8 Å². The molecular weight excluding hydrogens is 328 g/mol. The van der Waals surface area contributed by atoms with E-state index in [1.54, 1.807) is 30.3 Å². The van der Waals surface area contributed by atoms with Crippen LogP contribution in [-0.2, 0) is 15.1 Å². The summed E-state index contributed by atoms with van der Waals surface area (Å²) in [6, 6.07) is 8.33. The lowest BCUT2D eigenvalue weighted by Gasteiger charge is -2.33. The molecule has 1 saturated heterocycles. The number of carbonyl (C=O) groups is 1. The SMILES string of the molecule is O=C(OCC1CCNCC1)C(O)(c1ccccc1)C1CCC(F)(F)C1. The first-order valence-electron chi connectivity index (χ1n) is 8.95. The zero-order valence-electron chi connectivity index (χ0n) is 14.2. The van der Waals surface area contributed by atoms with Crippen LogP contribution in [0.1, 0.15) is 37.7 Å². The van der Waals surface area contributed by atoms with Gasteiger partial charge in [0.2, 0.25) is 5.92 Å². The quantitative estimate of drug-likeness (QED) is 0.799. The van der Waals surface area contributed by atoms with E-state index in [0.717, 1.165) is 25.9 Å². The number of nitrogens with one attached hydrogen (secondary N) is 1. The molecule has 1 aliphatic heterocycles. The summed E-state index contributed by atoms with van der Waals surface area (Å²) in [6.45, 7) is 1.97. The largest absolute Gasteiger partial charge is 0.463 e. The van der Waals surface area contributed by atoms with Gasteiger partial charge in [-0.15, -0.1) is 0 Å². The number of rotatable bonds is 5. The number of hydrogen-bond donors (Lipinski definition) is 2. The van der Waals surface area contributed by atoms with Crippen LogP contribution in [0.15, 0.2) is 30.3 Å². The highest BCUT2D eigenvalue weighted by molar-refractivity contribution is 5.81. The molecule has 1 aliphatic carbocycles. The second kappa shape index (κ2) is 7.38. The van der Waals surface area contributed by atoms with Crippen LogP contribution in [0.2, 0.25) is 0 Å². The fraction of sp³-hybridized carbons (Fsp3) is 0.632. The number of benzene rings is 1. The summed E-state index contributed by atoms with van der Waals surface area (Å²) in [6.07, 6.45) is 1.09. The molecule has 0 radical (unpaired) electrons. The molecule has 0 aromatic heterocycles. The standard InChI is InChI=1S/C19H25F2NO3/c20-18(21)9-6-16(12-18)19(24,15-4-2-1-3-5-15)17(23)25-13-14-7-10-22-11-8-14/h1-5,14,16,22,24H,6-13H2. The van der Waals surface area contributed by atoms with E-state index in [1.807, 2.05) is 0 Å². The molecule has 2 N–H and O–H groups in total. The highest BCUT2D eigenvalue weighted by atomic mass is 19.3. The highest BCUT2D eigenvalue weighted by Gasteiger charge is 2.54. The summed E-state index contributed by atoms with van der Waals surface area (Å²) in [5.74, 6) is -4.25. The predicted octanol–water partition coefficient (Wildman–Crippen LogP) is 2.85. The zero-order chi connectivity index (χ0) is 17.9. The number of carbonyl (C=O) groups excluding carboxylic acids is 1. The topological polar surface area (TPSA) is 58.6 Å². The molecule has 1 aromatic carbocycles. The van der Waals surface area contributed by atoms with Crippen molar-refractivity contribution >= 4 is 5.97 Å². The van der Waals surface area contributed by atoms with E-state index >= 15 is 0 Å². The molecule has 1 saturated carbocycles. The lowest BCUT2D eigenvalue weighted by atomic mass is 9.80. The van der Waals surface area contributed by atoms with Gasteiger partial charge in [0.15, 0.2) is 5.60 Å². The molecule has 25 heavy (non-hydrogen) atoms. The molecule has 0 spiro atoms. The number of piperidine rings is 1. The van der Waals surface area contributed by atoms with E-state index in [9.17, 15) is 18.7 Å². The Kier molecular flexibility index (Phi) is 5.39. The first-order valence-corrected chi connectivity index (χ1v) is 8.95. The molecule has 0 amide bonds. The third kappa shape index (κ3) is 4.01. The maximum atomic E-state index is 13.7. The van der Waals surface area contributed by atoms with Crippen LogP contribution >= 0.6 is 0 Å². The van der Waals surface area contributed by atoms with Crippen molar-refractivity contribution in [2.24, 2.45) is 11.8 Å². The molecular formula is C19H25F2NO3. The molecule has 1 heterocycles. The fourth-order valence-electron chi connectivity index (χ4n) is 3.87. The lowest BCUT2D eigenvalue weighted by molar-refractivity contribution is -0.176. The first kappa shape index (κ1) is 18.3. The molecule has 1 aromatic rings. The van der Waals surface area contributed by atoms with Crippen LogP contribution in [0.5, 0.6) is 0 Å². The third-order valence-electron chi connectivity index (χ3n) is 5.43. The number of hydrogen-bond acceptors (Lipinski definition) is 4. The van der Waals surface area contributed by atoms with Gasteiger partial charge in [0.25, 0.3) is 0 Å². The second-order valence-corrected chi connectivity index (χ2v) is 7.22. The molecule has 138 valence electrons. The number of halogens is 2. The van der Waals surface area contributed by atoms with Crippen LogP contribution < -0.4 is 5.32 Å². The monoisotopic (exact) mass is 353 g/mol. The Balaban J connectivity index is 1.77. The van der Waals surface area contributed by atoms with Gasteiger partial charge in [0.05, 0.1) is 6.61 Å². The Morgan fingerprint density at radius 2 is 1.92 bits per heavy atom. The van der Waals surface area contributed by atoms with E-state index in [0.29, 0.717) is 5.56 Å². The smallest absolute Gasteiger partial charge is 0.343 e. The summed E-state index contributed by atoms with van der Waals surface area (Å²) in [5, 5.41) is 14.4. The van der Waals surface area contributed by atoms with E-state index in [2.05, 4.69) is 5.32 Å². The molecule has 2 aliphatic rings. The van der Waals surface area contributed by atoms with Crippen molar-refractivity contribution in [1.29, 1.82) is 0 Å². The Morgan fingerprint density at radius 1 is 1.24 bits per heavy atom. The van der Waals surface area contributed by atoms with Crippen LogP contribution in [0.25, 0.3) is 0 Å². The zero-order valence-corrected chi connectivity index (χ0v) is 14.2. The van der Waals surface area contributed by atoms with Crippen LogP contribution in [0.3, 0.4) is 0 Å². The molecule has 0 bridgehead atoms. The van der Waals surface area contributed by atoms with Crippen molar-refractivity contribution in [2.75, 3.05) is 19.7 Å². The summed E-state index contributed by atoms with van der Waals surface area (Å²) >= 11 is 0. The van der Waals surface area contributed by atoms with Crippen molar-refractivity contribution in [3.8, 4) is 0 Å². The normalized spacial score (nSPS) is 26.1. The van der Waals surface area contributed by atoms with Gasteiger partial charge in [-0.1, -0.05) is 30.3 Å². The average Bonchev–Trinajstić information content (AvgIpc) is 3.01. The van der Waals surface area contributed by atoms with E-state index in [4.69, 9.17) is 4.74 Å². The minimum Gasteiger partial charge on any atom is -0.463 e. The van der Waals surface area contributed by atoms with E-state index < -0.39 is 29.8 Å². The maximum Gasteiger partial charge on any atom is 0.343 e. The number of ether oxygens (including phenoxy) is 1. The van der Waals surface area contributed by atoms with Gasteiger partial charge in [-0.3, -0.25) is 0 Å². The Labute approximate surface area is 146 Å². The number of aliphatic hydroxyl groups is 1. The second-order valence-electron chi connectivity index (χ2n) is 7.22. The average molecular weight is 353 g/mol. The Bertz CT molecular complexity index is 590. The molecule has 2 unspecified atom stereocenters. The van der Waals surface area contributed by atoms with Gasteiger partial charge in [-0.2, -0.15) is 0 Å². The van der Waals surface area contributed by atoms with E-state index in [-0.39, 0.29) is 25.4 Å². The van der Waals surface area contributed by atoms with Gasteiger partial charge >= 0.3 is 5.97 Å². The third-order valence-corrected chi connectivity index (χ3v) is 5.43. The fourth-order valence-corrected chi connectivity index (χ4v) is 3.87. The van der Waals surface area contributed by atoms with Gasteiger partial charge < -0.3 is 15.2 Å². The van der Waals surface area contributed by atoms with Crippen LogP contribution in [0.4, 0.5) is 8.78 Å². The summed E-state index contributed by atoms with van der Waals surface area (Å²) in [7, 11) is 0. The first-order chi connectivity index (χ1) is 11.9. The van der Waals surface area contributed by atoms with Crippen molar-refractivity contribution in [3.05, 3.63) is 35.9 Å². The molecule has 2 fully saturated rings. The predicted molar refractivity (Wildman–Crippen MR) is 89.2 cm³/mol. The molecule has 2 atom stereocenters. The van der Waals surface area contributed by atoms with Crippen molar-refractivity contribution in [3.63, 3.8) is 0 Å². The molecule has 4 nitrogen and oxygen atoms in total. The van der Waals surface area contributed by atoms with E-state index in [1.165, 1.54) is 0 Å². The minimum absolute atomic E-state index is 0.0981. The summed E-state index contributed by atoms with van der Waals surface area (Å²) in [5.41, 5.74) is -1.69. The van der Waals surface area contributed by atoms with Crippen molar-refractivity contribution in [1.82, 2.24) is 5.32 Å². The van der Waals surface area contributed by atoms with Crippen LogP contribution in [-0.4, -0.2) is 36.7 Å². The Morgan fingerprint density at radius 3 is 2.52 bits per heavy atom.